The van der Waals surface area contributed by atoms with Crippen LogP contribution in [-0.2, 0) is 14.6 Å². The second kappa shape index (κ2) is 8.62. The molecule has 0 saturated heterocycles. The van der Waals surface area contributed by atoms with Crippen molar-refractivity contribution in [2.75, 3.05) is 11.1 Å². The number of rotatable bonds is 8. The number of aromatic hydroxyl groups is 1. The van der Waals surface area contributed by atoms with E-state index < -0.39 is 15.7 Å². The molecule has 0 aliphatic heterocycles. The van der Waals surface area contributed by atoms with Crippen molar-refractivity contribution in [1.82, 2.24) is 0 Å². The van der Waals surface area contributed by atoms with Crippen molar-refractivity contribution in [2.45, 2.75) is 31.1 Å². The van der Waals surface area contributed by atoms with Crippen LogP contribution in [0.2, 0.25) is 0 Å². The highest BCUT2D eigenvalue weighted by Gasteiger charge is 2.15. The first-order valence-electron chi connectivity index (χ1n) is 8.27. The third kappa shape index (κ3) is 5.16. The summed E-state index contributed by atoms with van der Waals surface area (Å²) < 4.78 is 23.8. The molecule has 0 aromatic heterocycles. The first kappa shape index (κ1) is 19.7. The number of carbonyl (C=O) groups excluding carboxylic acids is 2. The maximum absolute atomic E-state index is 12.0. The number of hydrogen-bond acceptors (Lipinski definition) is 5. The molecule has 0 aliphatic rings. The highest BCUT2D eigenvalue weighted by atomic mass is 32.2. The Balaban J connectivity index is 1.94. The Labute approximate surface area is 152 Å². The largest absolute Gasteiger partial charge is 0.506 e. The molecule has 0 aliphatic carbocycles. The van der Waals surface area contributed by atoms with Gasteiger partial charge in [-0.05, 0) is 24.6 Å². The van der Waals surface area contributed by atoms with Gasteiger partial charge in [0.25, 0.3) is 0 Å². The van der Waals surface area contributed by atoms with E-state index in [1.165, 1.54) is 25.1 Å². The van der Waals surface area contributed by atoms with Gasteiger partial charge in [0, 0.05) is 18.4 Å². The molecule has 2 N–H and O–H groups in total. The van der Waals surface area contributed by atoms with Gasteiger partial charge in [-0.2, -0.15) is 0 Å². The number of amides is 1. The molecule has 0 bridgehead atoms. The van der Waals surface area contributed by atoms with Gasteiger partial charge in [0.2, 0.25) is 5.91 Å². The summed E-state index contributed by atoms with van der Waals surface area (Å²) in [6.45, 7) is 1.52. The number of carbonyl (C=O) groups is 2. The van der Waals surface area contributed by atoms with E-state index in [0.717, 1.165) is 0 Å². The van der Waals surface area contributed by atoms with E-state index in [9.17, 15) is 23.1 Å². The van der Waals surface area contributed by atoms with Crippen LogP contribution in [0.5, 0.6) is 5.75 Å². The standard InChI is InChI=1S/C19H21NO5S/c1-2-26(24,25)15-11-12-18(22)16(13-15)20-19(23)10-6-9-17(21)14-7-4-3-5-8-14/h3-5,7-8,11-13,22H,2,6,9-10H2,1H3,(H,20,23). The van der Waals surface area contributed by atoms with Gasteiger partial charge >= 0.3 is 0 Å². The number of nitrogens with one attached hydrogen (secondary N) is 1. The summed E-state index contributed by atoms with van der Waals surface area (Å²) in [6.07, 6.45) is 0.670. The van der Waals surface area contributed by atoms with E-state index in [0.29, 0.717) is 12.0 Å². The van der Waals surface area contributed by atoms with Gasteiger partial charge < -0.3 is 10.4 Å². The first-order chi connectivity index (χ1) is 12.3. The highest BCUT2D eigenvalue weighted by molar-refractivity contribution is 7.91. The lowest BCUT2D eigenvalue weighted by Gasteiger charge is -2.09. The average molecular weight is 375 g/mol. The summed E-state index contributed by atoms with van der Waals surface area (Å²) >= 11 is 0. The lowest BCUT2D eigenvalue weighted by molar-refractivity contribution is -0.116. The normalized spacial score (nSPS) is 11.1. The van der Waals surface area contributed by atoms with Gasteiger partial charge in [0.05, 0.1) is 16.3 Å². The van der Waals surface area contributed by atoms with Crippen molar-refractivity contribution in [3.8, 4) is 5.75 Å². The van der Waals surface area contributed by atoms with Crippen molar-refractivity contribution >= 4 is 27.2 Å². The quantitative estimate of drug-likeness (QED) is 0.545. The number of anilines is 1. The van der Waals surface area contributed by atoms with E-state index in [1.807, 2.05) is 6.07 Å². The molecule has 0 unspecified atom stereocenters. The van der Waals surface area contributed by atoms with Gasteiger partial charge in [-0.25, -0.2) is 8.42 Å². The molecule has 2 rings (SSSR count). The molecule has 0 saturated carbocycles. The molecule has 0 atom stereocenters. The van der Waals surface area contributed by atoms with Crippen molar-refractivity contribution in [1.29, 1.82) is 0 Å². The number of ketones is 1. The Morgan fingerprint density at radius 1 is 1.04 bits per heavy atom. The van der Waals surface area contributed by atoms with Crippen LogP contribution in [0, 0.1) is 0 Å². The summed E-state index contributed by atoms with van der Waals surface area (Å²) in [7, 11) is -3.44. The molecular weight excluding hydrogens is 354 g/mol. The lowest BCUT2D eigenvalue weighted by atomic mass is 10.1. The van der Waals surface area contributed by atoms with E-state index in [1.54, 1.807) is 24.3 Å². The zero-order valence-corrected chi connectivity index (χ0v) is 15.3. The Morgan fingerprint density at radius 3 is 2.38 bits per heavy atom. The van der Waals surface area contributed by atoms with Crippen LogP contribution in [0.1, 0.15) is 36.5 Å². The number of hydrogen-bond donors (Lipinski definition) is 2. The fraction of sp³-hybridized carbons (Fsp3) is 0.263. The summed E-state index contributed by atoms with van der Waals surface area (Å²) in [6, 6.07) is 12.6. The van der Waals surface area contributed by atoms with E-state index >= 15 is 0 Å². The van der Waals surface area contributed by atoms with Crippen molar-refractivity contribution in [2.24, 2.45) is 0 Å². The highest BCUT2D eigenvalue weighted by Crippen LogP contribution is 2.27. The van der Waals surface area contributed by atoms with Gasteiger partial charge in [0.1, 0.15) is 5.75 Å². The number of benzene rings is 2. The summed E-state index contributed by atoms with van der Waals surface area (Å²) in [5.74, 6) is -0.731. The molecule has 26 heavy (non-hydrogen) atoms. The third-order valence-electron chi connectivity index (χ3n) is 3.88. The molecule has 0 radical (unpaired) electrons. The van der Waals surface area contributed by atoms with E-state index in [2.05, 4.69) is 5.32 Å². The number of phenols is 1. The molecule has 0 fully saturated rings. The monoisotopic (exact) mass is 375 g/mol. The molecule has 2 aromatic rings. The predicted molar refractivity (Wildman–Crippen MR) is 99.1 cm³/mol. The average Bonchev–Trinajstić information content (AvgIpc) is 2.64. The molecule has 0 heterocycles. The maximum atomic E-state index is 12.0. The molecule has 6 nitrogen and oxygen atoms in total. The van der Waals surface area contributed by atoms with Crippen LogP contribution >= 0.6 is 0 Å². The molecule has 1 amide bonds. The molecule has 7 heteroatoms. The lowest BCUT2D eigenvalue weighted by Crippen LogP contribution is -2.13. The smallest absolute Gasteiger partial charge is 0.224 e. The van der Waals surface area contributed by atoms with Crippen LogP contribution in [0.25, 0.3) is 0 Å². The molecule has 2 aromatic carbocycles. The Kier molecular flexibility index (Phi) is 6.52. The van der Waals surface area contributed by atoms with Crippen LogP contribution in [0.15, 0.2) is 53.4 Å². The fourth-order valence-corrected chi connectivity index (χ4v) is 3.27. The molecular formula is C19H21NO5S. The van der Waals surface area contributed by atoms with Crippen LogP contribution in [0.4, 0.5) is 5.69 Å². The van der Waals surface area contributed by atoms with Gasteiger partial charge in [0.15, 0.2) is 15.6 Å². The van der Waals surface area contributed by atoms with Crippen molar-refractivity contribution < 1.29 is 23.1 Å². The minimum absolute atomic E-state index is 0.0346. The maximum Gasteiger partial charge on any atom is 0.224 e. The number of phenolic OH excluding ortho intramolecular Hbond substituents is 1. The third-order valence-corrected chi connectivity index (χ3v) is 5.62. The van der Waals surface area contributed by atoms with Gasteiger partial charge in [-0.3, -0.25) is 9.59 Å². The van der Waals surface area contributed by atoms with Gasteiger partial charge in [-0.15, -0.1) is 0 Å². The minimum Gasteiger partial charge on any atom is -0.506 e. The Hall–Kier alpha value is -2.67. The summed E-state index contributed by atoms with van der Waals surface area (Å²) in [5.41, 5.74) is 0.641. The Morgan fingerprint density at radius 2 is 1.73 bits per heavy atom. The van der Waals surface area contributed by atoms with Crippen molar-refractivity contribution in [3.63, 3.8) is 0 Å². The number of Topliss-reactive ketones (excluding diaryl/α,β-unsaturated/α-hetero) is 1. The minimum atomic E-state index is -3.44. The Bertz CT molecular complexity index is 891. The first-order valence-corrected chi connectivity index (χ1v) is 9.92. The second-order valence-electron chi connectivity index (χ2n) is 5.77. The zero-order chi connectivity index (χ0) is 19.2. The van der Waals surface area contributed by atoms with Crippen LogP contribution in [0.3, 0.4) is 0 Å². The number of sulfone groups is 1. The molecule has 0 spiro atoms. The SMILES string of the molecule is CCS(=O)(=O)c1ccc(O)c(NC(=O)CCCC(=O)c2ccccc2)c1. The van der Waals surface area contributed by atoms with E-state index in [4.69, 9.17) is 0 Å². The predicted octanol–water partition coefficient (Wildman–Crippen LogP) is 3.18. The summed E-state index contributed by atoms with van der Waals surface area (Å²) in [5, 5.41) is 12.3. The topological polar surface area (TPSA) is 101 Å². The summed E-state index contributed by atoms with van der Waals surface area (Å²) in [4.78, 5) is 24.1. The second-order valence-corrected chi connectivity index (χ2v) is 8.05. The fourth-order valence-electron chi connectivity index (χ4n) is 2.37. The van der Waals surface area contributed by atoms with Crippen molar-refractivity contribution in [3.05, 3.63) is 54.1 Å². The van der Waals surface area contributed by atoms with Gasteiger partial charge in [-0.1, -0.05) is 37.3 Å². The van der Waals surface area contributed by atoms with Crippen LogP contribution < -0.4 is 5.32 Å². The van der Waals surface area contributed by atoms with E-state index in [-0.39, 0.29) is 40.7 Å². The van der Waals surface area contributed by atoms with Crippen LogP contribution in [-0.4, -0.2) is 31.0 Å². The molecule has 138 valence electrons. The zero-order valence-electron chi connectivity index (χ0n) is 14.4.